The number of methoxy groups -OCH3 is 1. The fraction of sp³-hybridized carbons (Fsp3) is 0.386. The van der Waals surface area contributed by atoms with E-state index in [-0.39, 0.29) is 68.7 Å². The van der Waals surface area contributed by atoms with Gasteiger partial charge in [-0.25, -0.2) is 8.78 Å². The molecule has 2 atom stereocenters. The number of amides is 1. The predicted molar refractivity (Wildman–Crippen MR) is 215 cm³/mol. The Hall–Kier alpha value is -5.87. The van der Waals surface area contributed by atoms with Crippen molar-refractivity contribution in [3.8, 4) is 41.1 Å². The summed E-state index contributed by atoms with van der Waals surface area (Å²) in [4.78, 5) is 34.2. The Morgan fingerprint density at radius 3 is 2.40 bits per heavy atom. The Morgan fingerprint density at radius 1 is 1.04 bits per heavy atom. The minimum atomic E-state index is -0.795. The smallest absolute Gasteiger partial charge is 0.319 e. The van der Waals surface area contributed by atoms with Gasteiger partial charge in [-0.05, 0) is 99.5 Å². The van der Waals surface area contributed by atoms with Gasteiger partial charge in [0, 0.05) is 35.8 Å². The summed E-state index contributed by atoms with van der Waals surface area (Å²) in [6, 6.07) is 11.9. The summed E-state index contributed by atoms with van der Waals surface area (Å²) in [5.74, 6) is 1.50. The van der Waals surface area contributed by atoms with Crippen LogP contribution < -0.4 is 14.4 Å². The van der Waals surface area contributed by atoms with Gasteiger partial charge in [-0.1, -0.05) is 25.8 Å². The van der Waals surface area contributed by atoms with Gasteiger partial charge in [0.05, 0.1) is 35.7 Å². The van der Waals surface area contributed by atoms with E-state index in [0.29, 0.717) is 47.6 Å². The molecule has 2 aromatic heterocycles. The number of ether oxygens (including phenoxy) is 2. The maximum absolute atomic E-state index is 17.1. The number of terminal acetylenes is 1. The largest absolute Gasteiger partial charge is 0.508 e. The summed E-state index contributed by atoms with van der Waals surface area (Å²) in [6.45, 7) is 7.17. The lowest BCUT2D eigenvalue weighted by Gasteiger charge is -2.42. The van der Waals surface area contributed by atoms with E-state index in [1.807, 2.05) is 23.6 Å². The first kappa shape index (κ1) is 38.0. The van der Waals surface area contributed by atoms with Crippen molar-refractivity contribution in [3.05, 3.63) is 77.5 Å². The molecule has 6 heterocycles. The van der Waals surface area contributed by atoms with Gasteiger partial charge in [0.2, 0.25) is 0 Å². The highest BCUT2D eigenvalue weighted by molar-refractivity contribution is 6.44. The van der Waals surface area contributed by atoms with E-state index in [0.717, 1.165) is 51.6 Å². The molecule has 2 unspecified atom stereocenters. The first-order valence-corrected chi connectivity index (χ1v) is 19.6. The number of hydrogen-bond donors (Lipinski definition) is 2. The van der Waals surface area contributed by atoms with Crippen LogP contribution in [-0.4, -0.2) is 99.0 Å². The van der Waals surface area contributed by atoms with Crippen molar-refractivity contribution in [1.82, 2.24) is 24.8 Å². The van der Waals surface area contributed by atoms with Crippen LogP contribution in [0.5, 0.6) is 17.5 Å². The fourth-order valence-electron chi connectivity index (χ4n) is 9.35. The zero-order valence-electron chi connectivity index (χ0n) is 32.3. The Morgan fingerprint density at radius 2 is 1.74 bits per heavy atom. The average molecular weight is 774 g/mol. The number of carbonyl (C=O) groups excluding carboxylic acids is 1. The molecule has 4 aliphatic heterocycles. The Bertz CT molecular complexity index is 2410. The number of hydrogen-bond acceptors (Lipinski definition) is 10. The third-order valence-corrected chi connectivity index (χ3v) is 12.0. The van der Waals surface area contributed by atoms with Gasteiger partial charge in [-0.3, -0.25) is 20.1 Å². The summed E-state index contributed by atoms with van der Waals surface area (Å²) >= 11 is 0. The van der Waals surface area contributed by atoms with E-state index in [9.17, 15) is 14.3 Å². The molecule has 0 saturated carbocycles. The fourth-order valence-corrected chi connectivity index (χ4v) is 9.35. The molecule has 9 rings (SSSR count). The highest BCUT2D eigenvalue weighted by Gasteiger charge is 2.46. The molecule has 2 N–H and O–H groups in total. The number of benzene rings is 3. The summed E-state index contributed by atoms with van der Waals surface area (Å²) in [5, 5.41) is 20.4. The van der Waals surface area contributed by atoms with E-state index >= 15 is 4.39 Å². The molecular weight excluding hydrogens is 729 g/mol. The second kappa shape index (κ2) is 15.2. The summed E-state index contributed by atoms with van der Waals surface area (Å²) in [6.07, 6.45) is 12.9. The minimum Gasteiger partial charge on any atom is -0.508 e. The zero-order chi connectivity index (χ0) is 40.0. The number of aromatic nitrogens is 3. The van der Waals surface area contributed by atoms with Crippen LogP contribution in [0.25, 0.3) is 32.9 Å². The maximum atomic E-state index is 17.1. The van der Waals surface area contributed by atoms with Gasteiger partial charge < -0.3 is 24.4 Å². The molecule has 2 bridgehead atoms. The Balaban J connectivity index is 0.00000224. The molecule has 13 heteroatoms. The van der Waals surface area contributed by atoms with Crippen molar-refractivity contribution in [2.45, 2.75) is 70.0 Å². The van der Waals surface area contributed by atoms with E-state index in [1.165, 1.54) is 30.5 Å². The van der Waals surface area contributed by atoms with Crippen LogP contribution in [0.4, 0.5) is 14.6 Å². The van der Waals surface area contributed by atoms with Crippen molar-refractivity contribution >= 4 is 39.1 Å². The molecule has 1 amide bonds. The van der Waals surface area contributed by atoms with Crippen molar-refractivity contribution in [2.24, 2.45) is 0 Å². The zero-order valence-corrected chi connectivity index (χ0v) is 32.3. The quantitative estimate of drug-likeness (QED) is 0.125. The third-order valence-electron chi connectivity index (χ3n) is 12.0. The molecule has 0 spiro atoms. The number of carbonyl (C=O) groups is 1. The standard InChI is InChI=1S/C42H39F2N7O4.C2H6/c1-3-30-33(43)13-8-25-18-28(52)19-31(34(25)30)37-35(44)38-32(20-46-37)39(48-41(47-38)55-23-42-14-4-16-50(42)17-5-15-42)49-21-26-9-10-27(22-49)51(26)40(53)36(45)24-6-11-29(54-2)12-7-24;1-2/h1,6-8,11-13,18-20,26-27,45,52H,4-5,9-10,14-17,21-23H2,2H3;1-2H3. The number of anilines is 1. The van der Waals surface area contributed by atoms with Gasteiger partial charge in [0.15, 0.2) is 5.82 Å². The first-order chi connectivity index (χ1) is 27.7. The molecule has 4 aliphatic rings. The van der Waals surface area contributed by atoms with Crippen molar-refractivity contribution < 1.29 is 28.2 Å². The van der Waals surface area contributed by atoms with E-state index < -0.39 is 11.6 Å². The molecule has 3 aromatic carbocycles. The SMILES string of the molecule is C#Cc1c(F)ccc2cc(O)cc(-c3ncc4c(N5CC6CCC(C5)N6C(=O)C(=N)c5ccc(OC)cc5)nc(OCC56CCCN5CCC6)nc4c3F)c12.CC. The van der Waals surface area contributed by atoms with Crippen LogP contribution in [0.2, 0.25) is 0 Å². The number of fused-ring (bicyclic) bond motifs is 5. The molecule has 0 aliphatic carbocycles. The monoisotopic (exact) mass is 773 g/mol. The van der Waals surface area contributed by atoms with Gasteiger partial charge in [0.25, 0.3) is 5.91 Å². The van der Waals surface area contributed by atoms with Crippen LogP contribution in [0.15, 0.2) is 54.7 Å². The van der Waals surface area contributed by atoms with Crippen molar-refractivity contribution in [3.63, 3.8) is 0 Å². The van der Waals surface area contributed by atoms with Crippen LogP contribution in [-0.2, 0) is 4.79 Å². The summed E-state index contributed by atoms with van der Waals surface area (Å²) in [5.41, 5.74) is 0.161. The average Bonchev–Trinajstić information content (AvgIpc) is 3.90. The molecule has 11 nitrogen and oxygen atoms in total. The summed E-state index contributed by atoms with van der Waals surface area (Å²) in [7, 11) is 1.56. The molecular formula is C44H45F2N7O4. The molecule has 294 valence electrons. The van der Waals surface area contributed by atoms with Crippen LogP contribution in [0.1, 0.15) is 63.5 Å². The highest BCUT2D eigenvalue weighted by Crippen LogP contribution is 2.42. The predicted octanol–water partition coefficient (Wildman–Crippen LogP) is 7.10. The number of rotatable bonds is 8. The maximum Gasteiger partial charge on any atom is 0.319 e. The number of nitrogens with zero attached hydrogens (tertiary/aromatic N) is 6. The number of pyridine rings is 1. The number of aromatic hydroxyl groups is 1. The Kier molecular flexibility index (Phi) is 10.2. The van der Waals surface area contributed by atoms with Gasteiger partial charge in [0.1, 0.15) is 46.7 Å². The lowest BCUT2D eigenvalue weighted by atomic mass is 9.95. The number of piperazine rings is 1. The molecule has 0 radical (unpaired) electrons. The van der Waals surface area contributed by atoms with Crippen LogP contribution >= 0.6 is 0 Å². The molecule has 57 heavy (non-hydrogen) atoms. The second-order valence-corrected chi connectivity index (χ2v) is 15.0. The van der Waals surface area contributed by atoms with Gasteiger partial charge in [-0.2, -0.15) is 9.97 Å². The first-order valence-electron chi connectivity index (χ1n) is 19.6. The molecule has 5 aromatic rings. The van der Waals surface area contributed by atoms with E-state index in [4.69, 9.17) is 26.3 Å². The number of nitrogens with one attached hydrogen (secondary N) is 1. The number of halogens is 2. The topological polar surface area (TPSA) is 128 Å². The van der Waals surface area contributed by atoms with Crippen LogP contribution in [0.3, 0.4) is 0 Å². The third kappa shape index (κ3) is 6.55. The van der Waals surface area contributed by atoms with Gasteiger partial charge in [-0.15, -0.1) is 6.42 Å². The van der Waals surface area contributed by atoms with E-state index in [1.54, 1.807) is 31.4 Å². The van der Waals surface area contributed by atoms with Crippen molar-refractivity contribution in [2.75, 3.05) is 44.8 Å². The van der Waals surface area contributed by atoms with Crippen LogP contribution in [0, 0.1) is 29.4 Å². The van der Waals surface area contributed by atoms with Crippen molar-refractivity contribution in [1.29, 1.82) is 5.41 Å². The normalized spacial score (nSPS) is 19.6. The minimum absolute atomic E-state index is 0.0231. The number of phenolic OH excluding ortho intramolecular Hbond substituents is 1. The number of phenols is 1. The highest BCUT2D eigenvalue weighted by atomic mass is 19.1. The lowest BCUT2D eigenvalue weighted by Crippen LogP contribution is -2.57. The molecule has 4 fully saturated rings. The van der Waals surface area contributed by atoms with Gasteiger partial charge >= 0.3 is 6.01 Å². The second-order valence-electron chi connectivity index (χ2n) is 15.0. The summed E-state index contributed by atoms with van der Waals surface area (Å²) < 4.78 is 43.8. The lowest BCUT2D eigenvalue weighted by molar-refractivity contribution is -0.127. The molecule has 4 saturated heterocycles. The Labute approximate surface area is 330 Å². The van der Waals surface area contributed by atoms with E-state index in [2.05, 4.69) is 20.8 Å².